The number of hydrogen-bond acceptors (Lipinski definition) is 4. The lowest BCUT2D eigenvalue weighted by Crippen LogP contribution is -2.41. The van der Waals surface area contributed by atoms with E-state index in [1.807, 2.05) is 19.9 Å². The van der Waals surface area contributed by atoms with Gasteiger partial charge in [-0.2, -0.15) is 11.8 Å². The first kappa shape index (κ1) is 20.8. The molecule has 0 aliphatic carbocycles. The van der Waals surface area contributed by atoms with Crippen LogP contribution >= 0.6 is 11.8 Å². The van der Waals surface area contributed by atoms with Crippen LogP contribution < -0.4 is 9.62 Å². The Kier molecular flexibility index (Phi) is 7.16. The quantitative estimate of drug-likeness (QED) is 0.748. The third-order valence-electron chi connectivity index (χ3n) is 3.14. The molecule has 0 fully saturated rings. The lowest BCUT2D eigenvalue weighted by molar-refractivity contribution is -0.119. The van der Waals surface area contributed by atoms with Crippen molar-refractivity contribution < 1.29 is 13.2 Å². The molecule has 0 spiro atoms. The molecule has 1 aromatic rings. The third-order valence-corrected chi connectivity index (χ3v) is 5.56. The maximum absolute atomic E-state index is 12.1. The second kappa shape index (κ2) is 8.25. The number of rotatable bonds is 7. The van der Waals surface area contributed by atoms with Gasteiger partial charge in [0.25, 0.3) is 0 Å². The molecule has 7 heteroatoms. The fourth-order valence-electron chi connectivity index (χ4n) is 2.23. The van der Waals surface area contributed by atoms with E-state index in [1.165, 1.54) is 0 Å². The van der Waals surface area contributed by atoms with Gasteiger partial charge < -0.3 is 5.32 Å². The van der Waals surface area contributed by atoms with Gasteiger partial charge in [0, 0.05) is 17.0 Å². The zero-order chi connectivity index (χ0) is 18.5. The number of carbonyl (C=O) groups is 1. The zero-order valence-electron chi connectivity index (χ0n) is 15.3. The van der Waals surface area contributed by atoms with Crippen LogP contribution in [0.1, 0.15) is 31.9 Å². The molecule has 136 valence electrons. The van der Waals surface area contributed by atoms with E-state index in [1.54, 1.807) is 23.9 Å². The largest absolute Gasteiger partial charge is 0.354 e. The maximum Gasteiger partial charge on any atom is 0.240 e. The van der Waals surface area contributed by atoms with Gasteiger partial charge in [0.05, 0.1) is 11.9 Å². The predicted octanol–water partition coefficient (Wildman–Crippen LogP) is 2.72. The fourth-order valence-corrected chi connectivity index (χ4v) is 3.89. The van der Waals surface area contributed by atoms with Gasteiger partial charge >= 0.3 is 0 Å². The number of thioether (sulfide) groups is 1. The smallest absolute Gasteiger partial charge is 0.240 e. The summed E-state index contributed by atoms with van der Waals surface area (Å²) < 4.78 is 25.5. The first-order valence-corrected chi connectivity index (χ1v) is 10.7. The standard InChI is InChI=1S/C17H28N2O3S2/c1-13-9-14(2)11-15(10-13)19(24(6,21)22)12-16(20)18-7-8-23-17(3,4)5/h9-11H,7-8,12H2,1-6H3,(H,18,20). The molecule has 5 nitrogen and oxygen atoms in total. The molecule has 0 saturated carbocycles. The molecule has 1 rings (SSSR count). The van der Waals surface area contributed by atoms with Gasteiger partial charge in [-0.1, -0.05) is 26.8 Å². The maximum atomic E-state index is 12.1. The van der Waals surface area contributed by atoms with Gasteiger partial charge in [0.15, 0.2) is 0 Å². The Morgan fingerprint density at radius 1 is 1.17 bits per heavy atom. The van der Waals surface area contributed by atoms with Gasteiger partial charge in [-0.15, -0.1) is 0 Å². The second-order valence-electron chi connectivity index (χ2n) is 6.93. The Balaban J connectivity index is 2.76. The summed E-state index contributed by atoms with van der Waals surface area (Å²) in [5, 5.41) is 2.79. The average molecular weight is 373 g/mol. The minimum absolute atomic E-state index is 0.141. The first-order chi connectivity index (χ1) is 10.9. The van der Waals surface area contributed by atoms with Crippen molar-refractivity contribution in [2.75, 3.05) is 29.4 Å². The van der Waals surface area contributed by atoms with Crippen molar-refractivity contribution in [3.63, 3.8) is 0 Å². The van der Waals surface area contributed by atoms with Gasteiger partial charge in [-0.25, -0.2) is 8.42 Å². The van der Waals surface area contributed by atoms with Crippen molar-refractivity contribution in [3.8, 4) is 0 Å². The Labute approximate surface area is 150 Å². The summed E-state index contributed by atoms with van der Waals surface area (Å²) in [6.45, 7) is 10.5. The van der Waals surface area contributed by atoms with E-state index in [9.17, 15) is 13.2 Å². The SMILES string of the molecule is Cc1cc(C)cc(N(CC(=O)NCCSC(C)(C)C)S(C)(=O)=O)c1. The van der Waals surface area contributed by atoms with Crippen LogP contribution in [0.4, 0.5) is 5.69 Å². The van der Waals surface area contributed by atoms with Crippen LogP contribution in [0.5, 0.6) is 0 Å². The molecule has 1 amide bonds. The highest BCUT2D eigenvalue weighted by atomic mass is 32.2. The molecule has 0 aromatic heterocycles. The molecule has 1 aromatic carbocycles. The number of nitrogens with one attached hydrogen (secondary N) is 1. The van der Waals surface area contributed by atoms with Crippen molar-refractivity contribution in [1.82, 2.24) is 5.32 Å². The second-order valence-corrected chi connectivity index (χ2v) is 10.8. The summed E-state index contributed by atoms with van der Waals surface area (Å²) >= 11 is 1.75. The molecule has 0 saturated heterocycles. The Bertz CT molecular complexity index is 659. The van der Waals surface area contributed by atoms with E-state index in [0.29, 0.717) is 12.2 Å². The van der Waals surface area contributed by atoms with E-state index in [-0.39, 0.29) is 17.2 Å². The zero-order valence-corrected chi connectivity index (χ0v) is 17.0. The summed E-state index contributed by atoms with van der Waals surface area (Å²) in [5.74, 6) is 0.492. The molecular formula is C17H28N2O3S2. The summed E-state index contributed by atoms with van der Waals surface area (Å²) in [6.07, 6.45) is 1.12. The lowest BCUT2D eigenvalue weighted by Gasteiger charge is -2.23. The summed E-state index contributed by atoms with van der Waals surface area (Å²) in [7, 11) is -3.53. The van der Waals surface area contributed by atoms with Gasteiger partial charge in [0.1, 0.15) is 6.54 Å². The first-order valence-electron chi connectivity index (χ1n) is 7.85. The van der Waals surface area contributed by atoms with Crippen molar-refractivity contribution in [3.05, 3.63) is 29.3 Å². The topological polar surface area (TPSA) is 66.5 Å². The number of anilines is 1. The lowest BCUT2D eigenvalue weighted by atomic mass is 10.1. The number of nitrogens with zero attached hydrogens (tertiary/aromatic N) is 1. The fraction of sp³-hybridized carbons (Fsp3) is 0.588. The normalized spacial score (nSPS) is 12.1. The number of hydrogen-bond donors (Lipinski definition) is 1. The van der Waals surface area contributed by atoms with Crippen LogP contribution in [-0.4, -0.2) is 44.2 Å². The van der Waals surface area contributed by atoms with E-state index in [2.05, 4.69) is 26.1 Å². The number of carbonyl (C=O) groups excluding carboxylic acids is 1. The van der Waals surface area contributed by atoms with Crippen molar-refractivity contribution >= 4 is 33.4 Å². The summed E-state index contributed by atoms with van der Waals surface area (Å²) in [5.41, 5.74) is 2.44. The highest BCUT2D eigenvalue weighted by Crippen LogP contribution is 2.22. The molecular weight excluding hydrogens is 344 g/mol. The predicted molar refractivity (Wildman–Crippen MR) is 103 cm³/mol. The number of sulfonamides is 1. The highest BCUT2D eigenvalue weighted by Gasteiger charge is 2.21. The third kappa shape index (κ3) is 7.57. The molecule has 0 heterocycles. The van der Waals surface area contributed by atoms with Crippen molar-refractivity contribution in [1.29, 1.82) is 0 Å². The minimum atomic E-state index is -3.53. The van der Waals surface area contributed by atoms with Crippen LogP contribution in [0.25, 0.3) is 0 Å². The molecule has 1 N–H and O–H groups in total. The molecule has 0 aliphatic heterocycles. The molecule has 0 unspecified atom stereocenters. The van der Waals surface area contributed by atoms with Gasteiger partial charge in [-0.3, -0.25) is 9.10 Å². The minimum Gasteiger partial charge on any atom is -0.354 e. The number of benzene rings is 1. The van der Waals surface area contributed by atoms with Crippen LogP contribution in [0.2, 0.25) is 0 Å². The molecule has 0 radical (unpaired) electrons. The van der Waals surface area contributed by atoms with E-state index < -0.39 is 10.0 Å². The molecule has 0 bridgehead atoms. The van der Waals surface area contributed by atoms with Crippen LogP contribution in [0.3, 0.4) is 0 Å². The van der Waals surface area contributed by atoms with Gasteiger partial charge in [-0.05, 0) is 37.1 Å². The summed E-state index contributed by atoms with van der Waals surface area (Å²) in [4.78, 5) is 12.1. The Morgan fingerprint density at radius 2 is 1.71 bits per heavy atom. The average Bonchev–Trinajstić information content (AvgIpc) is 2.37. The van der Waals surface area contributed by atoms with Gasteiger partial charge in [0.2, 0.25) is 15.9 Å². The Hall–Kier alpha value is -1.21. The van der Waals surface area contributed by atoms with Crippen LogP contribution in [0, 0.1) is 13.8 Å². The number of amides is 1. The number of aryl methyl sites for hydroxylation is 2. The molecule has 24 heavy (non-hydrogen) atoms. The Morgan fingerprint density at radius 3 is 2.17 bits per heavy atom. The van der Waals surface area contributed by atoms with Crippen LogP contribution in [0.15, 0.2) is 18.2 Å². The van der Waals surface area contributed by atoms with Crippen LogP contribution in [-0.2, 0) is 14.8 Å². The molecule has 0 aliphatic rings. The van der Waals surface area contributed by atoms with Crippen molar-refractivity contribution in [2.24, 2.45) is 0 Å². The highest BCUT2D eigenvalue weighted by molar-refractivity contribution is 8.00. The van der Waals surface area contributed by atoms with Crippen molar-refractivity contribution in [2.45, 2.75) is 39.4 Å². The van der Waals surface area contributed by atoms with E-state index in [0.717, 1.165) is 27.4 Å². The molecule has 0 atom stereocenters. The van der Waals surface area contributed by atoms with E-state index in [4.69, 9.17) is 0 Å². The summed E-state index contributed by atoms with van der Waals surface area (Å²) in [6, 6.07) is 5.52. The monoisotopic (exact) mass is 372 g/mol. The van der Waals surface area contributed by atoms with E-state index >= 15 is 0 Å².